The lowest BCUT2D eigenvalue weighted by molar-refractivity contribution is -0.176. The fourth-order valence-electron chi connectivity index (χ4n) is 4.86. The largest absolute Gasteiger partial charge is 0.495 e. The van der Waals surface area contributed by atoms with Crippen LogP contribution in [0.2, 0.25) is 0 Å². The zero-order valence-corrected chi connectivity index (χ0v) is 24.8. The van der Waals surface area contributed by atoms with Gasteiger partial charge in [0.25, 0.3) is 10.0 Å². The Morgan fingerprint density at radius 3 is 2.33 bits per heavy atom. The Morgan fingerprint density at radius 2 is 1.71 bits per heavy atom. The molecule has 1 aliphatic carbocycles. The summed E-state index contributed by atoms with van der Waals surface area (Å²) >= 11 is 0. The normalized spacial score (nSPS) is 18.5. The van der Waals surface area contributed by atoms with Crippen molar-refractivity contribution in [1.82, 2.24) is 15.4 Å². The molecule has 2 aliphatic rings. The van der Waals surface area contributed by atoms with Gasteiger partial charge in [0.15, 0.2) is 22.1 Å². The number of aromatic amines is 1. The summed E-state index contributed by atoms with van der Waals surface area (Å²) in [7, 11) is 0.0193. The third-order valence-electron chi connectivity index (χ3n) is 7.28. The van der Waals surface area contributed by atoms with Crippen molar-refractivity contribution in [3.63, 3.8) is 0 Å². The van der Waals surface area contributed by atoms with Gasteiger partial charge in [0.05, 0.1) is 51.2 Å². The number of methoxy groups -OCH3 is 3. The van der Waals surface area contributed by atoms with E-state index in [4.69, 9.17) is 28.2 Å². The van der Waals surface area contributed by atoms with E-state index in [0.29, 0.717) is 52.9 Å². The van der Waals surface area contributed by atoms with E-state index in [2.05, 4.69) is 25.4 Å². The summed E-state index contributed by atoms with van der Waals surface area (Å²) in [5, 5.41) is 15.0. The highest BCUT2D eigenvalue weighted by molar-refractivity contribution is 7.93. The molecule has 0 radical (unpaired) electrons. The number of ether oxygens (including phenoxy) is 5. The molecule has 0 spiro atoms. The number of benzene rings is 2. The number of hydrogen-bond donors (Lipinski definition) is 3. The number of anilines is 3. The van der Waals surface area contributed by atoms with Crippen molar-refractivity contribution in [3.05, 3.63) is 41.6 Å². The average Bonchev–Trinajstić information content (AvgIpc) is 3.61. The molecule has 2 aromatic heterocycles. The van der Waals surface area contributed by atoms with Crippen LogP contribution >= 0.6 is 0 Å². The minimum atomic E-state index is -4.27. The van der Waals surface area contributed by atoms with Crippen molar-refractivity contribution in [1.29, 1.82) is 0 Å². The zero-order valence-electron chi connectivity index (χ0n) is 23.9. The highest BCUT2D eigenvalue weighted by atomic mass is 32.2. The van der Waals surface area contributed by atoms with E-state index in [-0.39, 0.29) is 22.2 Å². The number of sulfonamides is 1. The molecule has 42 heavy (non-hydrogen) atoms. The molecule has 1 aliphatic heterocycles. The van der Waals surface area contributed by atoms with Gasteiger partial charge in [0.1, 0.15) is 23.4 Å². The Bertz CT molecular complexity index is 1690. The van der Waals surface area contributed by atoms with Crippen LogP contribution in [-0.2, 0) is 19.5 Å². The lowest BCUT2D eigenvalue weighted by Gasteiger charge is -2.35. The number of nitrogens with one attached hydrogen (secondary N) is 3. The molecule has 1 saturated carbocycles. The van der Waals surface area contributed by atoms with Crippen molar-refractivity contribution in [2.45, 2.75) is 49.2 Å². The molecule has 224 valence electrons. The summed E-state index contributed by atoms with van der Waals surface area (Å²) in [6.07, 6.45) is 1.89. The van der Waals surface area contributed by atoms with E-state index in [1.165, 1.54) is 21.3 Å². The number of H-pyrrole nitrogens is 1. The lowest BCUT2D eigenvalue weighted by Crippen LogP contribution is -2.38. The van der Waals surface area contributed by atoms with E-state index >= 15 is 0 Å². The van der Waals surface area contributed by atoms with Crippen molar-refractivity contribution < 1.29 is 36.6 Å². The minimum absolute atomic E-state index is 0.0231. The van der Waals surface area contributed by atoms with Gasteiger partial charge in [-0.05, 0) is 50.5 Å². The molecular formula is C28H33N5O8S. The van der Waals surface area contributed by atoms with Gasteiger partial charge in [-0.15, -0.1) is 0 Å². The smallest absolute Gasteiger partial charge is 0.270 e. The number of hydrogen-bond acceptors (Lipinski definition) is 11. The molecule has 14 heteroatoms. The highest BCUT2D eigenvalue weighted by Crippen LogP contribution is 2.42. The van der Waals surface area contributed by atoms with Crippen molar-refractivity contribution >= 4 is 38.3 Å². The summed E-state index contributed by atoms with van der Waals surface area (Å²) in [5.41, 5.74) is 2.25. The van der Waals surface area contributed by atoms with Gasteiger partial charge in [-0.1, -0.05) is 5.16 Å². The monoisotopic (exact) mass is 599 g/mol. The van der Waals surface area contributed by atoms with Gasteiger partial charge in [-0.3, -0.25) is 9.82 Å². The van der Waals surface area contributed by atoms with Crippen LogP contribution in [0.15, 0.2) is 39.8 Å². The molecule has 0 bridgehead atoms. The van der Waals surface area contributed by atoms with Crippen LogP contribution < -0.4 is 24.2 Å². The Labute approximate surface area is 242 Å². The summed E-state index contributed by atoms with van der Waals surface area (Å²) in [6, 6.07) is 8.49. The van der Waals surface area contributed by atoms with Gasteiger partial charge in [0, 0.05) is 23.7 Å². The summed E-state index contributed by atoms with van der Waals surface area (Å²) in [4.78, 5) is -0.195. The van der Waals surface area contributed by atoms with Gasteiger partial charge >= 0.3 is 0 Å². The molecule has 0 amide bonds. The molecule has 1 atom stereocenters. The maximum Gasteiger partial charge on any atom is 0.270 e. The molecule has 3 N–H and O–H groups in total. The highest BCUT2D eigenvalue weighted by Gasteiger charge is 2.33. The maximum absolute atomic E-state index is 13.7. The standard InChI is InChI=1S/C28H33N5O8S/c1-28(2)14-39-24(13-40-28)16-8-22(37-4)26(23(9-16)38-5)42(34,35)33-27-17-10-21(36-3)19(11-20(17)41-32-27)29-25-12-18(30-31-25)15-6-7-15/h8-12,15,24H,6-7,13-14H2,1-5H3,(H,32,33)(H2,29,30,31)/t24-/m0/s1. The van der Waals surface area contributed by atoms with Crippen molar-refractivity contribution in [2.75, 3.05) is 44.6 Å². The van der Waals surface area contributed by atoms with Gasteiger partial charge in [0.2, 0.25) is 0 Å². The van der Waals surface area contributed by atoms with E-state index in [0.717, 1.165) is 18.5 Å². The van der Waals surface area contributed by atoms with E-state index in [9.17, 15) is 8.42 Å². The molecule has 13 nitrogen and oxygen atoms in total. The van der Waals surface area contributed by atoms with E-state index < -0.39 is 21.7 Å². The second-order valence-electron chi connectivity index (χ2n) is 10.9. The molecule has 2 aromatic carbocycles. The Balaban J connectivity index is 1.29. The van der Waals surface area contributed by atoms with Crippen LogP contribution in [0.3, 0.4) is 0 Å². The topological polar surface area (TPSA) is 159 Å². The summed E-state index contributed by atoms with van der Waals surface area (Å²) in [5.74, 6) is 1.73. The van der Waals surface area contributed by atoms with Crippen molar-refractivity contribution in [3.8, 4) is 17.2 Å². The molecule has 2 fully saturated rings. The fourth-order valence-corrected chi connectivity index (χ4v) is 6.18. The first-order chi connectivity index (χ1) is 20.1. The van der Waals surface area contributed by atoms with E-state index in [1.807, 2.05) is 19.9 Å². The third-order valence-corrected chi connectivity index (χ3v) is 8.68. The lowest BCUT2D eigenvalue weighted by atomic mass is 10.1. The van der Waals surface area contributed by atoms with Crippen LogP contribution in [0.4, 0.5) is 17.3 Å². The minimum Gasteiger partial charge on any atom is -0.495 e. The van der Waals surface area contributed by atoms with E-state index in [1.54, 1.807) is 24.3 Å². The molecule has 0 unspecified atom stereocenters. The van der Waals surface area contributed by atoms with Gasteiger partial charge < -0.3 is 33.5 Å². The molecule has 3 heterocycles. The molecule has 4 aromatic rings. The Hall–Kier alpha value is -4.01. The van der Waals surface area contributed by atoms with Crippen LogP contribution in [0, 0.1) is 0 Å². The number of aromatic nitrogens is 3. The van der Waals surface area contributed by atoms with Crippen LogP contribution in [0.25, 0.3) is 11.0 Å². The van der Waals surface area contributed by atoms with Crippen LogP contribution in [-0.4, -0.2) is 63.9 Å². The molecule has 1 saturated heterocycles. The fraction of sp³-hybridized carbons (Fsp3) is 0.429. The average molecular weight is 600 g/mol. The van der Waals surface area contributed by atoms with Crippen LogP contribution in [0.1, 0.15) is 50.0 Å². The Kier molecular flexibility index (Phi) is 7.15. The summed E-state index contributed by atoms with van der Waals surface area (Å²) in [6.45, 7) is 4.56. The first kappa shape index (κ1) is 28.1. The van der Waals surface area contributed by atoms with Gasteiger partial charge in [-0.2, -0.15) is 5.10 Å². The number of nitrogens with zero attached hydrogens (tertiary/aromatic N) is 2. The zero-order chi connectivity index (χ0) is 29.6. The predicted molar refractivity (Wildman–Crippen MR) is 153 cm³/mol. The number of fused-ring (bicyclic) bond motifs is 1. The first-order valence-corrected chi connectivity index (χ1v) is 14.9. The SMILES string of the molecule is COc1cc2c(NS(=O)(=O)c3c(OC)cc([C@@H]4COC(C)(C)CO4)cc3OC)noc2cc1Nc1cc(C2CC2)[nH]n1. The quantitative estimate of drug-likeness (QED) is 0.228. The second-order valence-corrected chi connectivity index (χ2v) is 12.5. The third kappa shape index (κ3) is 5.44. The molecular weight excluding hydrogens is 566 g/mol. The maximum atomic E-state index is 13.7. The molecule has 6 rings (SSSR count). The number of rotatable bonds is 10. The van der Waals surface area contributed by atoms with Gasteiger partial charge in [-0.25, -0.2) is 8.42 Å². The second kappa shape index (κ2) is 10.7. The predicted octanol–water partition coefficient (Wildman–Crippen LogP) is 4.87. The Morgan fingerprint density at radius 1 is 1.00 bits per heavy atom. The van der Waals surface area contributed by atoms with Crippen molar-refractivity contribution in [2.24, 2.45) is 0 Å². The first-order valence-electron chi connectivity index (χ1n) is 13.4. The van der Waals surface area contributed by atoms with Crippen LogP contribution in [0.5, 0.6) is 17.2 Å². The summed E-state index contributed by atoms with van der Waals surface area (Å²) < 4.78 is 63.9.